The van der Waals surface area contributed by atoms with Gasteiger partial charge in [0.25, 0.3) is 0 Å². The van der Waals surface area contributed by atoms with E-state index in [1.165, 1.54) is 6.33 Å². The van der Waals surface area contributed by atoms with E-state index >= 15 is 0 Å². The summed E-state index contributed by atoms with van der Waals surface area (Å²) in [5.74, 6) is 0.660. The molecule has 2 heterocycles. The predicted octanol–water partition coefficient (Wildman–Crippen LogP) is -0.287. The van der Waals surface area contributed by atoms with Gasteiger partial charge in [0.1, 0.15) is 11.8 Å². The molecule has 2 fully saturated rings. The summed E-state index contributed by atoms with van der Waals surface area (Å²) < 4.78 is 1.96. The number of aliphatic hydroxyl groups excluding tert-OH is 2. The first-order valence-corrected chi connectivity index (χ1v) is 6.39. The average molecular weight is 261 g/mol. The summed E-state index contributed by atoms with van der Waals surface area (Å²) in [5.41, 5.74) is 6.77. The molecule has 19 heavy (non-hydrogen) atoms. The van der Waals surface area contributed by atoms with E-state index in [0.717, 1.165) is 6.42 Å². The Balaban J connectivity index is 1.79. The highest BCUT2D eigenvalue weighted by Gasteiger charge is 2.67. The Morgan fingerprint density at radius 2 is 2.26 bits per heavy atom. The second-order valence-electron chi connectivity index (χ2n) is 5.60. The van der Waals surface area contributed by atoms with Crippen molar-refractivity contribution < 1.29 is 10.2 Å². The fourth-order valence-corrected chi connectivity index (χ4v) is 3.59. The maximum absolute atomic E-state index is 10.1. The highest BCUT2D eigenvalue weighted by atomic mass is 16.3. The van der Waals surface area contributed by atoms with Crippen LogP contribution < -0.4 is 5.73 Å². The molecular weight excluding hydrogens is 246 g/mol. The van der Waals surface area contributed by atoms with Crippen molar-refractivity contribution in [2.45, 2.75) is 25.0 Å². The number of aliphatic hydroxyl groups is 2. The van der Waals surface area contributed by atoms with Crippen LogP contribution >= 0.6 is 0 Å². The van der Waals surface area contributed by atoms with E-state index in [1.807, 2.05) is 4.57 Å². The molecule has 7 nitrogen and oxygen atoms in total. The molecule has 100 valence electrons. The van der Waals surface area contributed by atoms with Gasteiger partial charge in [0.2, 0.25) is 0 Å². The highest BCUT2D eigenvalue weighted by molar-refractivity contribution is 5.81. The number of imidazole rings is 1. The van der Waals surface area contributed by atoms with Crippen LogP contribution in [0.5, 0.6) is 0 Å². The number of nitrogens with two attached hydrogens (primary N) is 1. The lowest BCUT2D eigenvalue weighted by atomic mass is 10.0. The van der Waals surface area contributed by atoms with Gasteiger partial charge in [0.15, 0.2) is 11.5 Å². The Hall–Kier alpha value is -1.73. The van der Waals surface area contributed by atoms with Crippen LogP contribution in [0.15, 0.2) is 12.7 Å². The largest absolute Gasteiger partial charge is 0.396 e. The van der Waals surface area contributed by atoms with Crippen molar-refractivity contribution >= 4 is 17.0 Å². The second kappa shape index (κ2) is 3.43. The van der Waals surface area contributed by atoms with Crippen molar-refractivity contribution in [2.24, 2.45) is 11.3 Å². The molecule has 0 bridgehead atoms. The number of fused-ring (bicyclic) bond motifs is 2. The fourth-order valence-electron chi connectivity index (χ4n) is 3.59. The van der Waals surface area contributed by atoms with Crippen LogP contribution in [0, 0.1) is 11.3 Å². The Labute approximate surface area is 109 Å². The molecule has 2 aromatic heterocycles. The number of aromatic nitrogens is 4. The van der Waals surface area contributed by atoms with Gasteiger partial charge in [-0.2, -0.15) is 0 Å². The third-order valence-corrected chi connectivity index (χ3v) is 4.81. The van der Waals surface area contributed by atoms with Gasteiger partial charge < -0.3 is 20.5 Å². The van der Waals surface area contributed by atoms with Crippen LogP contribution in [0.25, 0.3) is 11.2 Å². The van der Waals surface area contributed by atoms with Gasteiger partial charge >= 0.3 is 0 Å². The van der Waals surface area contributed by atoms with E-state index in [0.29, 0.717) is 29.3 Å². The quantitative estimate of drug-likeness (QED) is 0.685. The van der Waals surface area contributed by atoms with Crippen molar-refractivity contribution in [1.82, 2.24) is 19.5 Å². The summed E-state index contributed by atoms with van der Waals surface area (Å²) in [5, 5.41) is 19.6. The molecule has 0 spiro atoms. The minimum absolute atomic E-state index is 0.0408. The minimum atomic E-state index is -0.455. The Morgan fingerprint density at radius 3 is 2.95 bits per heavy atom. The van der Waals surface area contributed by atoms with Crippen LogP contribution in [0.2, 0.25) is 0 Å². The number of nitrogen functional groups attached to an aromatic ring is 1. The lowest BCUT2D eigenvalue weighted by Crippen LogP contribution is -2.22. The van der Waals surface area contributed by atoms with Crippen molar-refractivity contribution in [1.29, 1.82) is 0 Å². The third-order valence-electron chi connectivity index (χ3n) is 4.81. The van der Waals surface area contributed by atoms with Crippen molar-refractivity contribution in [3.05, 3.63) is 12.7 Å². The van der Waals surface area contributed by atoms with Gasteiger partial charge in [-0.15, -0.1) is 0 Å². The molecule has 0 aliphatic heterocycles. The molecule has 2 aromatic rings. The number of hydrogen-bond acceptors (Lipinski definition) is 6. The predicted molar refractivity (Wildman–Crippen MR) is 67.0 cm³/mol. The molecule has 4 rings (SSSR count). The smallest absolute Gasteiger partial charge is 0.165 e. The van der Waals surface area contributed by atoms with Gasteiger partial charge in [-0.1, -0.05) is 0 Å². The van der Waals surface area contributed by atoms with E-state index in [4.69, 9.17) is 5.73 Å². The van der Waals surface area contributed by atoms with Gasteiger partial charge in [-0.3, -0.25) is 0 Å². The van der Waals surface area contributed by atoms with E-state index < -0.39 is 6.10 Å². The second-order valence-corrected chi connectivity index (χ2v) is 5.60. The zero-order valence-corrected chi connectivity index (χ0v) is 10.3. The SMILES string of the molecule is Nc1ncnc2c1ncn2C1CC(O)C2(CO)CC12. The van der Waals surface area contributed by atoms with Gasteiger partial charge in [0.05, 0.1) is 19.0 Å². The first-order chi connectivity index (χ1) is 9.17. The van der Waals surface area contributed by atoms with Gasteiger partial charge in [-0.25, -0.2) is 15.0 Å². The average Bonchev–Trinajstić information content (AvgIpc) is 2.89. The van der Waals surface area contributed by atoms with Crippen molar-refractivity contribution in [3.63, 3.8) is 0 Å². The summed E-state index contributed by atoms with van der Waals surface area (Å²) in [7, 11) is 0. The standard InChI is InChI=1S/C12H15N5O2/c13-10-9-11(15-4-14-10)17(5-16-9)7-1-8(19)12(3-18)2-6(7)12/h4-8,18-19H,1-3H2,(H2,13,14,15). The Bertz CT molecular complexity index is 657. The van der Waals surface area contributed by atoms with Crippen LogP contribution in [0.3, 0.4) is 0 Å². The summed E-state index contributed by atoms with van der Waals surface area (Å²) in [6, 6.07) is 0.126. The molecule has 2 aliphatic carbocycles. The number of anilines is 1. The molecule has 2 saturated carbocycles. The molecule has 0 saturated heterocycles. The molecule has 4 atom stereocenters. The maximum Gasteiger partial charge on any atom is 0.165 e. The topological polar surface area (TPSA) is 110 Å². The van der Waals surface area contributed by atoms with Crippen LogP contribution in [0.1, 0.15) is 18.9 Å². The van der Waals surface area contributed by atoms with E-state index in [9.17, 15) is 10.2 Å². The normalized spacial score (nSPS) is 36.6. The summed E-state index contributed by atoms with van der Waals surface area (Å²) in [4.78, 5) is 12.4. The Morgan fingerprint density at radius 1 is 1.42 bits per heavy atom. The van der Waals surface area contributed by atoms with E-state index in [1.54, 1.807) is 6.33 Å². The van der Waals surface area contributed by atoms with Crippen LogP contribution in [-0.2, 0) is 0 Å². The molecule has 0 aromatic carbocycles. The summed E-state index contributed by atoms with van der Waals surface area (Å²) in [6.45, 7) is 0.0408. The van der Waals surface area contributed by atoms with E-state index in [2.05, 4.69) is 15.0 Å². The van der Waals surface area contributed by atoms with E-state index in [-0.39, 0.29) is 18.1 Å². The third kappa shape index (κ3) is 1.26. The molecule has 2 aliphatic rings. The monoisotopic (exact) mass is 261 g/mol. The lowest BCUT2D eigenvalue weighted by molar-refractivity contribution is 0.0600. The van der Waals surface area contributed by atoms with Crippen molar-refractivity contribution in [2.75, 3.05) is 12.3 Å². The zero-order valence-electron chi connectivity index (χ0n) is 10.3. The fraction of sp³-hybridized carbons (Fsp3) is 0.583. The summed E-state index contributed by atoms with van der Waals surface area (Å²) in [6.07, 6.45) is 4.16. The maximum atomic E-state index is 10.1. The highest BCUT2D eigenvalue weighted by Crippen LogP contribution is 2.67. The van der Waals surface area contributed by atoms with Crippen LogP contribution in [-0.4, -0.2) is 42.4 Å². The minimum Gasteiger partial charge on any atom is -0.396 e. The van der Waals surface area contributed by atoms with Crippen LogP contribution in [0.4, 0.5) is 5.82 Å². The number of rotatable bonds is 2. The first-order valence-electron chi connectivity index (χ1n) is 6.39. The number of nitrogens with zero attached hydrogens (tertiary/aromatic N) is 4. The number of hydrogen-bond donors (Lipinski definition) is 3. The molecule has 4 unspecified atom stereocenters. The molecule has 0 radical (unpaired) electrons. The summed E-state index contributed by atoms with van der Waals surface area (Å²) >= 11 is 0. The molecule has 4 N–H and O–H groups in total. The molecular formula is C12H15N5O2. The van der Waals surface area contributed by atoms with Crippen molar-refractivity contribution in [3.8, 4) is 0 Å². The van der Waals surface area contributed by atoms with Gasteiger partial charge in [0, 0.05) is 11.5 Å². The zero-order chi connectivity index (χ0) is 13.2. The lowest BCUT2D eigenvalue weighted by Gasteiger charge is -2.16. The molecule has 0 amide bonds. The Kier molecular flexibility index (Phi) is 2.01. The molecule has 7 heteroatoms. The first kappa shape index (κ1) is 11.1. The van der Waals surface area contributed by atoms with Gasteiger partial charge in [-0.05, 0) is 18.8 Å².